The van der Waals surface area contributed by atoms with Gasteiger partial charge >= 0.3 is 0 Å². The number of piperazine rings is 1. The predicted octanol–water partition coefficient (Wildman–Crippen LogP) is 3.08. The third-order valence-electron chi connectivity index (χ3n) is 3.34. The first-order chi connectivity index (χ1) is 9.36. The van der Waals surface area contributed by atoms with Crippen molar-refractivity contribution in [3.63, 3.8) is 0 Å². The van der Waals surface area contributed by atoms with Gasteiger partial charge < -0.3 is 4.90 Å². The number of hydrogen-bond donors (Lipinski definition) is 0. The molecule has 0 unspecified atom stereocenters. The Morgan fingerprint density at radius 3 is 2.10 bits per heavy atom. The van der Waals surface area contributed by atoms with Crippen LogP contribution in [0.5, 0.6) is 0 Å². The first-order valence-electron chi connectivity index (χ1n) is 6.23. The van der Waals surface area contributed by atoms with Crippen molar-refractivity contribution in [2.45, 2.75) is 11.8 Å². The SMILES string of the molecule is CCN1CCN(S(=O)(=O)c2c(Cl)cc(Br)cc2Cl)CC1. The summed E-state index contributed by atoms with van der Waals surface area (Å²) in [7, 11) is -3.65. The number of benzene rings is 1. The van der Waals surface area contributed by atoms with Crippen LogP contribution in [0.4, 0.5) is 0 Å². The third kappa shape index (κ3) is 3.31. The fourth-order valence-corrected chi connectivity index (χ4v) is 5.50. The average Bonchev–Trinajstić information content (AvgIpc) is 2.37. The van der Waals surface area contributed by atoms with E-state index in [-0.39, 0.29) is 14.9 Å². The van der Waals surface area contributed by atoms with Gasteiger partial charge in [-0.2, -0.15) is 4.31 Å². The molecule has 1 fully saturated rings. The van der Waals surface area contributed by atoms with E-state index < -0.39 is 10.0 Å². The van der Waals surface area contributed by atoms with Crippen LogP contribution in [0, 0.1) is 0 Å². The van der Waals surface area contributed by atoms with Crippen LogP contribution in [-0.2, 0) is 10.0 Å². The average molecular weight is 402 g/mol. The molecule has 112 valence electrons. The van der Waals surface area contributed by atoms with Gasteiger partial charge in [0, 0.05) is 30.7 Å². The Morgan fingerprint density at radius 1 is 1.15 bits per heavy atom. The fraction of sp³-hybridized carbons (Fsp3) is 0.500. The number of nitrogens with zero attached hydrogens (tertiary/aromatic N) is 2. The lowest BCUT2D eigenvalue weighted by atomic mass is 10.4. The van der Waals surface area contributed by atoms with Crippen LogP contribution in [0.15, 0.2) is 21.5 Å². The lowest BCUT2D eigenvalue weighted by molar-refractivity contribution is 0.196. The molecule has 1 aromatic rings. The Kier molecular flexibility index (Phi) is 5.37. The van der Waals surface area contributed by atoms with Gasteiger partial charge in [-0.1, -0.05) is 46.1 Å². The van der Waals surface area contributed by atoms with E-state index >= 15 is 0 Å². The van der Waals surface area contributed by atoms with E-state index in [1.807, 2.05) is 0 Å². The minimum Gasteiger partial charge on any atom is -0.301 e. The van der Waals surface area contributed by atoms with Crippen molar-refractivity contribution in [1.29, 1.82) is 0 Å². The maximum absolute atomic E-state index is 12.7. The number of rotatable bonds is 3. The zero-order chi connectivity index (χ0) is 14.9. The normalized spacial score (nSPS) is 18.4. The second-order valence-electron chi connectivity index (χ2n) is 4.54. The van der Waals surface area contributed by atoms with Crippen molar-refractivity contribution in [2.75, 3.05) is 32.7 Å². The molecule has 0 radical (unpaired) electrons. The highest BCUT2D eigenvalue weighted by atomic mass is 79.9. The number of halogens is 3. The summed E-state index contributed by atoms with van der Waals surface area (Å²) in [6, 6.07) is 3.09. The zero-order valence-electron chi connectivity index (χ0n) is 10.9. The largest absolute Gasteiger partial charge is 0.301 e. The van der Waals surface area contributed by atoms with E-state index in [2.05, 4.69) is 27.8 Å². The van der Waals surface area contributed by atoms with Crippen LogP contribution in [0.3, 0.4) is 0 Å². The van der Waals surface area contributed by atoms with E-state index in [0.29, 0.717) is 17.6 Å². The summed E-state index contributed by atoms with van der Waals surface area (Å²) in [6.07, 6.45) is 0. The van der Waals surface area contributed by atoms with Crippen LogP contribution >= 0.6 is 39.1 Å². The monoisotopic (exact) mass is 400 g/mol. The molecule has 1 saturated heterocycles. The van der Waals surface area contributed by atoms with Gasteiger partial charge in [-0.05, 0) is 18.7 Å². The molecule has 0 amide bonds. The Hall–Kier alpha value is 0.150. The smallest absolute Gasteiger partial charge is 0.246 e. The summed E-state index contributed by atoms with van der Waals surface area (Å²) in [5.41, 5.74) is 0. The molecule has 20 heavy (non-hydrogen) atoms. The van der Waals surface area contributed by atoms with Gasteiger partial charge in [-0.25, -0.2) is 8.42 Å². The Bertz CT molecular complexity index is 578. The maximum atomic E-state index is 12.7. The second-order valence-corrected chi connectivity index (χ2v) is 8.14. The second kappa shape index (κ2) is 6.50. The molecule has 4 nitrogen and oxygen atoms in total. The van der Waals surface area contributed by atoms with Gasteiger partial charge in [0.2, 0.25) is 10.0 Å². The van der Waals surface area contributed by atoms with Crippen LogP contribution in [0.2, 0.25) is 10.0 Å². The van der Waals surface area contributed by atoms with E-state index in [0.717, 1.165) is 19.6 Å². The van der Waals surface area contributed by atoms with Crippen molar-refractivity contribution in [3.8, 4) is 0 Å². The Balaban J connectivity index is 2.32. The van der Waals surface area contributed by atoms with Crippen molar-refractivity contribution < 1.29 is 8.42 Å². The van der Waals surface area contributed by atoms with Gasteiger partial charge in [0.25, 0.3) is 0 Å². The van der Waals surface area contributed by atoms with Crippen LogP contribution in [-0.4, -0.2) is 50.3 Å². The molecular weight excluding hydrogens is 387 g/mol. The third-order valence-corrected chi connectivity index (χ3v) is 6.62. The van der Waals surface area contributed by atoms with E-state index in [1.165, 1.54) is 4.31 Å². The minimum atomic E-state index is -3.65. The standard InChI is InChI=1S/C12H15BrCl2N2O2S/c1-2-16-3-5-17(6-4-16)20(18,19)12-10(14)7-9(13)8-11(12)15/h7-8H,2-6H2,1H3. The number of sulfonamides is 1. The highest BCUT2D eigenvalue weighted by Gasteiger charge is 2.31. The zero-order valence-corrected chi connectivity index (χ0v) is 14.9. The predicted molar refractivity (Wildman–Crippen MR) is 85.0 cm³/mol. The summed E-state index contributed by atoms with van der Waals surface area (Å²) in [5, 5.41) is 0.282. The van der Waals surface area contributed by atoms with Gasteiger partial charge in [0.15, 0.2) is 0 Å². The summed E-state index contributed by atoms with van der Waals surface area (Å²) in [4.78, 5) is 2.20. The van der Waals surface area contributed by atoms with Crippen molar-refractivity contribution in [3.05, 3.63) is 26.7 Å². The van der Waals surface area contributed by atoms with Crippen molar-refractivity contribution in [1.82, 2.24) is 9.21 Å². The lowest BCUT2D eigenvalue weighted by Gasteiger charge is -2.33. The Morgan fingerprint density at radius 2 is 1.65 bits per heavy atom. The molecule has 0 spiro atoms. The number of hydrogen-bond acceptors (Lipinski definition) is 3. The lowest BCUT2D eigenvalue weighted by Crippen LogP contribution is -2.48. The van der Waals surface area contributed by atoms with E-state index in [4.69, 9.17) is 23.2 Å². The Labute approximate surface area is 137 Å². The molecule has 0 atom stereocenters. The molecule has 1 aliphatic heterocycles. The summed E-state index contributed by atoms with van der Waals surface area (Å²) >= 11 is 15.4. The van der Waals surface area contributed by atoms with Crippen LogP contribution in [0.1, 0.15) is 6.92 Å². The van der Waals surface area contributed by atoms with Crippen LogP contribution < -0.4 is 0 Å². The van der Waals surface area contributed by atoms with Crippen molar-refractivity contribution in [2.24, 2.45) is 0 Å². The molecule has 0 saturated carbocycles. The summed E-state index contributed by atoms with van der Waals surface area (Å²) in [6.45, 7) is 5.35. The first-order valence-corrected chi connectivity index (χ1v) is 9.22. The van der Waals surface area contributed by atoms with Gasteiger partial charge in [0.1, 0.15) is 4.90 Å². The topological polar surface area (TPSA) is 40.6 Å². The summed E-state index contributed by atoms with van der Waals surface area (Å²) in [5.74, 6) is 0. The molecule has 1 heterocycles. The molecule has 0 bridgehead atoms. The molecule has 8 heteroatoms. The summed E-state index contributed by atoms with van der Waals surface area (Å²) < 4.78 is 27.4. The molecule has 1 aliphatic rings. The minimum absolute atomic E-state index is 0.00557. The fourth-order valence-electron chi connectivity index (χ4n) is 2.19. The van der Waals surface area contributed by atoms with Crippen LogP contribution in [0.25, 0.3) is 0 Å². The molecule has 0 N–H and O–H groups in total. The first kappa shape index (κ1) is 16.5. The molecule has 1 aromatic carbocycles. The van der Waals surface area contributed by atoms with E-state index in [1.54, 1.807) is 12.1 Å². The van der Waals surface area contributed by atoms with Gasteiger partial charge in [-0.3, -0.25) is 0 Å². The molecule has 0 aliphatic carbocycles. The molecule has 2 rings (SSSR count). The number of likely N-dealkylation sites (N-methyl/N-ethyl adjacent to an activating group) is 1. The molecular formula is C12H15BrCl2N2O2S. The van der Waals surface area contributed by atoms with E-state index in [9.17, 15) is 8.42 Å². The highest BCUT2D eigenvalue weighted by molar-refractivity contribution is 9.10. The van der Waals surface area contributed by atoms with Crippen molar-refractivity contribution >= 4 is 49.2 Å². The molecule has 0 aromatic heterocycles. The maximum Gasteiger partial charge on any atom is 0.246 e. The quantitative estimate of drug-likeness (QED) is 0.781. The highest BCUT2D eigenvalue weighted by Crippen LogP contribution is 2.34. The van der Waals surface area contributed by atoms with Gasteiger partial charge in [-0.15, -0.1) is 0 Å². The van der Waals surface area contributed by atoms with Gasteiger partial charge in [0.05, 0.1) is 10.0 Å².